The number of hydrogen-bond acceptors (Lipinski definition) is 4. The molecule has 3 aromatic rings. The number of aromatic nitrogens is 2. The van der Waals surface area contributed by atoms with Gasteiger partial charge in [-0.2, -0.15) is 0 Å². The molecule has 0 atom stereocenters. The monoisotopic (exact) mass is 299 g/mol. The van der Waals surface area contributed by atoms with Crippen LogP contribution in [0.2, 0.25) is 0 Å². The first kappa shape index (κ1) is 13.8. The molecule has 0 unspecified atom stereocenters. The van der Waals surface area contributed by atoms with E-state index in [1.54, 1.807) is 11.8 Å². The number of imidazole rings is 1. The fraction of sp³-hybridized carbons (Fsp3) is 0.188. The number of nitrogens with one attached hydrogen (secondary N) is 1. The minimum absolute atomic E-state index is 0.648. The number of nitrogens with two attached hydrogens (primary N) is 1. The lowest BCUT2D eigenvalue weighted by Gasteiger charge is -2.07. The van der Waals surface area contributed by atoms with Crippen LogP contribution in [0, 0.1) is 6.92 Å². The lowest BCUT2D eigenvalue weighted by Crippen LogP contribution is -2.01. The maximum Gasteiger partial charge on any atom is 0.166 e. The minimum atomic E-state index is 0.648. The first-order chi connectivity index (χ1) is 10.2. The number of fused-ring (bicyclic) bond motifs is 1. The molecule has 3 N–H and O–H groups in total. The van der Waals surface area contributed by atoms with Crippen molar-refractivity contribution in [2.24, 2.45) is 0 Å². The largest absolute Gasteiger partial charge is 0.492 e. The summed E-state index contributed by atoms with van der Waals surface area (Å²) in [7, 11) is 0. The Kier molecular flexibility index (Phi) is 4.01. The van der Waals surface area contributed by atoms with Crippen molar-refractivity contribution in [2.45, 2.75) is 12.1 Å². The van der Waals surface area contributed by atoms with Crippen LogP contribution in [-0.4, -0.2) is 22.3 Å². The fourth-order valence-corrected chi connectivity index (χ4v) is 2.79. The van der Waals surface area contributed by atoms with Gasteiger partial charge < -0.3 is 15.5 Å². The molecule has 0 radical (unpaired) electrons. The van der Waals surface area contributed by atoms with Crippen molar-refractivity contribution in [3.63, 3.8) is 0 Å². The second-order valence-electron chi connectivity index (χ2n) is 4.78. The zero-order valence-electron chi connectivity index (χ0n) is 11.8. The third-order valence-corrected chi connectivity index (χ3v) is 4.00. The summed E-state index contributed by atoms with van der Waals surface area (Å²) in [4.78, 5) is 7.77. The summed E-state index contributed by atoms with van der Waals surface area (Å²) in [5.41, 5.74) is 9.56. The summed E-state index contributed by atoms with van der Waals surface area (Å²) in [5.74, 6) is 1.78. The zero-order chi connectivity index (χ0) is 14.7. The second kappa shape index (κ2) is 6.10. The smallest absolute Gasteiger partial charge is 0.166 e. The van der Waals surface area contributed by atoms with Gasteiger partial charge in [0.1, 0.15) is 5.75 Å². The summed E-state index contributed by atoms with van der Waals surface area (Å²) in [6, 6.07) is 13.7. The van der Waals surface area contributed by atoms with Crippen molar-refractivity contribution < 1.29 is 4.74 Å². The molecule has 5 heteroatoms. The van der Waals surface area contributed by atoms with E-state index in [2.05, 4.69) is 9.97 Å². The fourth-order valence-electron chi connectivity index (χ4n) is 2.08. The number of ether oxygens (including phenoxy) is 1. The Morgan fingerprint density at radius 2 is 2.10 bits per heavy atom. The Balaban J connectivity index is 1.56. The van der Waals surface area contributed by atoms with Gasteiger partial charge in [0.25, 0.3) is 0 Å². The van der Waals surface area contributed by atoms with Crippen LogP contribution in [0.25, 0.3) is 11.0 Å². The highest BCUT2D eigenvalue weighted by molar-refractivity contribution is 7.99. The Morgan fingerprint density at radius 3 is 2.95 bits per heavy atom. The Labute approximate surface area is 127 Å². The lowest BCUT2D eigenvalue weighted by molar-refractivity contribution is 0.341. The molecule has 0 saturated carbocycles. The average molecular weight is 299 g/mol. The molecule has 108 valence electrons. The summed E-state index contributed by atoms with van der Waals surface area (Å²) in [5, 5.41) is 0.893. The molecule has 21 heavy (non-hydrogen) atoms. The van der Waals surface area contributed by atoms with Gasteiger partial charge in [-0.25, -0.2) is 4.98 Å². The van der Waals surface area contributed by atoms with E-state index >= 15 is 0 Å². The van der Waals surface area contributed by atoms with E-state index in [4.69, 9.17) is 10.5 Å². The number of benzene rings is 2. The highest BCUT2D eigenvalue weighted by Crippen LogP contribution is 2.22. The molecule has 1 heterocycles. The van der Waals surface area contributed by atoms with Crippen LogP contribution in [0.1, 0.15) is 5.56 Å². The van der Waals surface area contributed by atoms with Gasteiger partial charge in [-0.3, -0.25) is 0 Å². The normalized spacial score (nSPS) is 10.9. The topological polar surface area (TPSA) is 63.9 Å². The first-order valence-corrected chi connectivity index (χ1v) is 7.77. The number of thioether (sulfide) groups is 1. The van der Waals surface area contributed by atoms with Gasteiger partial charge in [-0.05, 0) is 36.8 Å². The molecule has 0 saturated heterocycles. The Morgan fingerprint density at radius 1 is 1.24 bits per heavy atom. The lowest BCUT2D eigenvalue weighted by atomic mass is 10.2. The molecule has 4 nitrogen and oxygen atoms in total. The van der Waals surface area contributed by atoms with Gasteiger partial charge in [-0.1, -0.05) is 30.0 Å². The van der Waals surface area contributed by atoms with E-state index in [0.29, 0.717) is 6.61 Å². The highest BCUT2D eigenvalue weighted by atomic mass is 32.2. The van der Waals surface area contributed by atoms with Crippen molar-refractivity contribution in [2.75, 3.05) is 18.1 Å². The summed E-state index contributed by atoms with van der Waals surface area (Å²) < 4.78 is 5.77. The van der Waals surface area contributed by atoms with E-state index in [0.717, 1.165) is 38.9 Å². The molecule has 0 bridgehead atoms. The van der Waals surface area contributed by atoms with E-state index in [9.17, 15) is 0 Å². The number of nitrogens with zero attached hydrogens (tertiary/aromatic N) is 1. The third kappa shape index (κ3) is 3.31. The van der Waals surface area contributed by atoms with Gasteiger partial charge in [0, 0.05) is 11.4 Å². The van der Waals surface area contributed by atoms with E-state index in [1.807, 2.05) is 49.4 Å². The van der Waals surface area contributed by atoms with Crippen LogP contribution in [-0.2, 0) is 0 Å². The molecular weight excluding hydrogens is 282 g/mol. The number of aromatic amines is 1. The number of nitrogen functional groups attached to an aromatic ring is 1. The molecular formula is C16H17N3OS. The summed E-state index contributed by atoms with van der Waals surface area (Å²) in [6.07, 6.45) is 0. The molecule has 3 rings (SSSR count). The first-order valence-electron chi connectivity index (χ1n) is 6.79. The number of para-hydroxylation sites is 1. The van der Waals surface area contributed by atoms with Crippen LogP contribution < -0.4 is 10.5 Å². The Hall–Kier alpha value is -2.14. The van der Waals surface area contributed by atoms with Crippen molar-refractivity contribution in [3.05, 3.63) is 48.0 Å². The molecule has 0 aliphatic rings. The molecule has 0 fully saturated rings. The van der Waals surface area contributed by atoms with Crippen LogP contribution in [0.3, 0.4) is 0 Å². The maximum absolute atomic E-state index is 5.77. The Bertz CT molecular complexity index is 754. The van der Waals surface area contributed by atoms with Gasteiger partial charge in [0.2, 0.25) is 0 Å². The molecule has 0 amide bonds. The van der Waals surface area contributed by atoms with Crippen LogP contribution in [0.5, 0.6) is 5.75 Å². The summed E-state index contributed by atoms with van der Waals surface area (Å²) >= 11 is 1.64. The predicted octanol–water partition coefficient (Wildman–Crippen LogP) is 3.62. The van der Waals surface area contributed by atoms with E-state index in [1.165, 1.54) is 0 Å². The predicted molar refractivity (Wildman–Crippen MR) is 87.9 cm³/mol. The van der Waals surface area contributed by atoms with Crippen molar-refractivity contribution in [1.29, 1.82) is 0 Å². The van der Waals surface area contributed by atoms with Gasteiger partial charge >= 0.3 is 0 Å². The number of aryl methyl sites for hydroxylation is 1. The van der Waals surface area contributed by atoms with Gasteiger partial charge in [-0.15, -0.1) is 0 Å². The third-order valence-electron chi connectivity index (χ3n) is 3.16. The number of anilines is 1. The van der Waals surface area contributed by atoms with E-state index < -0.39 is 0 Å². The quantitative estimate of drug-likeness (QED) is 0.429. The van der Waals surface area contributed by atoms with Gasteiger partial charge in [0.05, 0.1) is 17.6 Å². The van der Waals surface area contributed by atoms with E-state index in [-0.39, 0.29) is 0 Å². The van der Waals surface area contributed by atoms with Crippen LogP contribution >= 0.6 is 11.8 Å². The molecule has 0 aliphatic carbocycles. The number of rotatable bonds is 5. The van der Waals surface area contributed by atoms with Crippen LogP contribution in [0.15, 0.2) is 47.6 Å². The second-order valence-corrected chi connectivity index (χ2v) is 5.86. The maximum atomic E-state index is 5.77. The van der Waals surface area contributed by atoms with Crippen LogP contribution in [0.4, 0.5) is 5.69 Å². The highest BCUT2D eigenvalue weighted by Gasteiger charge is 2.04. The minimum Gasteiger partial charge on any atom is -0.492 e. The van der Waals surface area contributed by atoms with Crippen molar-refractivity contribution in [3.8, 4) is 5.75 Å². The average Bonchev–Trinajstić information content (AvgIpc) is 2.87. The van der Waals surface area contributed by atoms with Gasteiger partial charge in [0.15, 0.2) is 5.16 Å². The van der Waals surface area contributed by atoms with Crippen molar-refractivity contribution >= 4 is 28.5 Å². The molecule has 1 aromatic heterocycles. The number of hydrogen-bond donors (Lipinski definition) is 2. The standard InChI is InChI=1S/C16H17N3OS/c1-11-4-2-3-5-15(11)20-8-9-21-16-18-13-7-6-12(17)10-14(13)19-16/h2-7,10H,8-9,17H2,1H3,(H,18,19). The summed E-state index contributed by atoms with van der Waals surface area (Å²) in [6.45, 7) is 2.70. The van der Waals surface area contributed by atoms with Crippen molar-refractivity contribution in [1.82, 2.24) is 9.97 Å². The number of H-pyrrole nitrogens is 1. The molecule has 2 aromatic carbocycles. The molecule has 0 aliphatic heterocycles. The zero-order valence-corrected chi connectivity index (χ0v) is 12.6. The molecule has 0 spiro atoms. The SMILES string of the molecule is Cc1ccccc1OCCSc1nc2ccc(N)cc2[nH]1.